The number of rotatable bonds is 9. The van der Waals surface area contributed by atoms with E-state index in [9.17, 15) is 8.42 Å². The van der Waals surface area contributed by atoms with E-state index in [1.165, 1.54) is 0 Å². The SMILES string of the molecule is CCN(CC)c1ccc(-c2nn(CN(CC(C)C)C3CCS(=O)(=O)C3)c(=S)o2)cc1. The summed E-state index contributed by atoms with van der Waals surface area (Å²) in [7, 11) is -2.96. The van der Waals surface area contributed by atoms with Gasteiger partial charge >= 0.3 is 0 Å². The highest BCUT2D eigenvalue weighted by molar-refractivity contribution is 7.91. The Morgan fingerprint density at radius 3 is 2.43 bits per heavy atom. The van der Waals surface area contributed by atoms with Gasteiger partial charge in [0.25, 0.3) is 4.84 Å². The van der Waals surface area contributed by atoms with Crippen LogP contribution in [0.1, 0.15) is 34.1 Å². The lowest BCUT2D eigenvalue weighted by molar-refractivity contribution is 0.136. The van der Waals surface area contributed by atoms with Gasteiger partial charge in [-0.1, -0.05) is 13.8 Å². The zero-order chi connectivity index (χ0) is 21.9. The molecule has 9 heteroatoms. The van der Waals surface area contributed by atoms with E-state index in [1.807, 2.05) is 12.1 Å². The zero-order valence-electron chi connectivity index (χ0n) is 18.2. The predicted molar refractivity (Wildman–Crippen MR) is 123 cm³/mol. The summed E-state index contributed by atoms with van der Waals surface area (Å²) in [5.74, 6) is 1.33. The largest absolute Gasteiger partial charge is 0.409 e. The molecule has 0 saturated carbocycles. The fraction of sp³-hybridized carbons (Fsp3) is 0.619. The lowest BCUT2D eigenvalue weighted by Gasteiger charge is -2.29. The van der Waals surface area contributed by atoms with Crippen molar-refractivity contribution in [3.05, 3.63) is 29.1 Å². The average Bonchev–Trinajstić information content (AvgIpc) is 3.24. The normalized spacial score (nSPS) is 18.4. The fourth-order valence-electron chi connectivity index (χ4n) is 3.94. The highest BCUT2D eigenvalue weighted by Gasteiger charge is 2.33. The molecule has 1 unspecified atom stereocenters. The van der Waals surface area contributed by atoms with Crippen LogP contribution in [-0.2, 0) is 16.5 Å². The smallest absolute Gasteiger partial charge is 0.288 e. The molecular formula is C21H32N4O3S2. The maximum absolute atomic E-state index is 12.0. The molecule has 0 bridgehead atoms. The van der Waals surface area contributed by atoms with E-state index in [2.05, 4.69) is 54.7 Å². The quantitative estimate of drug-likeness (QED) is 0.536. The van der Waals surface area contributed by atoms with Crippen molar-refractivity contribution in [1.29, 1.82) is 0 Å². The van der Waals surface area contributed by atoms with Crippen LogP contribution >= 0.6 is 12.2 Å². The Labute approximate surface area is 184 Å². The predicted octanol–water partition coefficient (Wildman–Crippen LogP) is 3.82. The van der Waals surface area contributed by atoms with Gasteiger partial charge in [0, 0.05) is 36.9 Å². The highest BCUT2D eigenvalue weighted by Crippen LogP contribution is 2.24. The summed E-state index contributed by atoms with van der Waals surface area (Å²) < 4.78 is 31.4. The molecule has 166 valence electrons. The summed E-state index contributed by atoms with van der Waals surface area (Å²) in [5, 5.41) is 4.59. The first kappa shape index (κ1) is 23.0. The molecule has 30 heavy (non-hydrogen) atoms. The number of nitrogens with zero attached hydrogens (tertiary/aromatic N) is 4. The zero-order valence-corrected chi connectivity index (χ0v) is 19.9. The van der Waals surface area contributed by atoms with Gasteiger partial charge < -0.3 is 9.32 Å². The first-order chi connectivity index (χ1) is 14.2. The minimum absolute atomic E-state index is 0.00666. The van der Waals surface area contributed by atoms with Crippen molar-refractivity contribution in [2.24, 2.45) is 5.92 Å². The molecule has 0 aliphatic carbocycles. The van der Waals surface area contributed by atoms with Gasteiger partial charge in [0.1, 0.15) is 0 Å². The van der Waals surface area contributed by atoms with Crippen molar-refractivity contribution in [1.82, 2.24) is 14.7 Å². The minimum Gasteiger partial charge on any atom is -0.409 e. The van der Waals surface area contributed by atoms with Gasteiger partial charge in [-0.05, 0) is 62.7 Å². The molecule has 1 aliphatic rings. The Kier molecular flexibility index (Phi) is 7.36. The van der Waals surface area contributed by atoms with Crippen LogP contribution < -0.4 is 4.90 Å². The minimum atomic E-state index is -2.96. The third-order valence-corrected chi connectivity index (χ3v) is 7.53. The molecule has 1 aromatic heterocycles. The van der Waals surface area contributed by atoms with Crippen LogP contribution in [0.25, 0.3) is 11.5 Å². The number of hydrogen-bond donors (Lipinski definition) is 0. The third-order valence-electron chi connectivity index (χ3n) is 5.49. The summed E-state index contributed by atoms with van der Waals surface area (Å²) in [6.45, 7) is 11.6. The second-order valence-corrected chi connectivity index (χ2v) is 10.8. The molecule has 0 amide bonds. The van der Waals surface area contributed by atoms with Gasteiger partial charge in [-0.25, -0.2) is 13.1 Å². The van der Waals surface area contributed by atoms with Crippen molar-refractivity contribution in [2.45, 2.75) is 46.8 Å². The molecule has 2 aromatic rings. The molecule has 7 nitrogen and oxygen atoms in total. The van der Waals surface area contributed by atoms with Crippen LogP contribution in [0.4, 0.5) is 5.69 Å². The lowest BCUT2D eigenvalue weighted by atomic mass is 10.1. The van der Waals surface area contributed by atoms with Gasteiger partial charge in [0.15, 0.2) is 9.84 Å². The topological polar surface area (TPSA) is 71.6 Å². The van der Waals surface area contributed by atoms with Gasteiger partial charge in [-0.3, -0.25) is 4.90 Å². The van der Waals surface area contributed by atoms with Crippen molar-refractivity contribution in [3.63, 3.8) is 0 Å². The Morgan fingerprint density at radius 1 is 1.23 bits per heavy atom. The van der Waals surface area contributed by atoms with E-state index in [-0.39, 0.29) is 17.5 Å². The van der Waals surface area contributed by atoms with Crippen molar-refractivity contribution in [2.75, 3.05) is 36.0 Å². The number of benzene rings is 1. The van der Waals surface area contributed by atoms with Crippen LogP contribution in [0.15, 0.2) is 28.7 Å². The molecule has 2 heterocycles. The second-order valence-electron chi connectivity index (χ2n) is 8.26. The van der Waals surface area contributed by atoms with E-state index in [1.54, 1.807) is 4.68 Å². The lowest BCUT2D eigenvalue weighted by Crippen LogP contribution is -2.40. The average molecular weight is 453 g/mol. The Morgan fingerprint density at radius 2 is 1.90 bits per heavy atom. The van der Waals surface area contributed by atoms with Crippen molar-refractivity contribution >= 4 is 27.7 Å². The first-order valence-corrected chi connectivity index (χ1v) is 12.8. The molecule has 0 spiro atoms. The van der Waals surface area contributed by atoms with Gasteiger partial charge in [-0.2, -0.15) is 0 Å². The summed E-state index contributed by atoms with van der Waals surface area (Å²) in [6.07, 6.45) is 0.653. The van der Waals surface area contributed by atoms with Gasteiger partial charge in [-0.15, -0.1) is 5.10 Å². The number of sulfone groups is 1. The number of aromatic nitrogens is 2. The Bertz CT molecular complexity index is 992. The van der Waals surface area contributed by atoms with Crippen LogP contribution in [0.2, 0.25) is 0 Å². The van der Waals surface area contributed by atoms with E-state index in [0.717, 1.165) is 30.9 Å². The fourth-order valence-corrected chi connectivity index (χ4v) is 5.88. The summed E-state index contributed by atoms with van der Waals surface area (Å²) in [4.78, 5) is 4.74. The summed E-state index contributed by atoms with van der Waals surface area (Å²) >= 11 is 5.41. The molecule has 0 radical (unpaired) electrons. The maximum atomic E-state index is 12.0. The Hall–Kier alpha value is -1.71. The molecule has 1 atom stereocenters. The monoisotopic (exact) mass is 452 g/mol. The molecule has 1 fully saturated rings. The molecular weight excluding hydrogens is 420 g/mol. The van der Waals surface area contributed by atoms with Crippen LogP contribution in [-0.4, -0.2) is 60.3 Å². The summed E-state index contributed by atoms with van der Waals surface area (Å²) in [5.41, 5.74) is 2.03. The van der Waals surface area contributed by atoms with Crippen LogP contribution in [0.5, 0.6) is 0 Å². The van der Waals surface area contributed by atoms with E-state index < -0.39 is 9.84 Å². The van der Waals surface area contributed by atoms with Crippen LogP contribution in [0, 0.1) is 10.8 Å². The summed E-state index contributed by atoms with van der Waals surface area (Å²) in [6, 6.07) is 8.11. The maximum Gasteiger partial charge on any atom is 0.288 e. The van der Waals surface area contributed by atoms with Gasteiger partial charge in [0.2, 0.25) is 5.89 Å². The molecule has 0 N–H and O–H groups in total. The van der Waals surface area contributed by atoms with E-state index in [0.29, 0.717) is 29.7 Å². The number of hydrogen-bond acceptors (Lipinski definition) is 7. The van der Waals surface area contributed by atoms with E-state index in [4.69, 9.17) is 16.6 Å². The van der Waals surface area contributed by atoms with Gasteiger partial charge in [0.05, 0.1) is 18.2 Å². The Balaban J connectivity index is 1.80. The molecule has 1 saturated heterocycles. The van der Waals surface area contributed by atoms with Crippen molar-refractivity contribution < 1.29 is 12.8 Å². The highest BCUT2D eigenvalue weighted by atomic mass is 32.2. The standard InChI is InChI=1S/C21H32N4O3S2/c1-5-23(6-2)18-9-7-17(8-10-18)20-22-25(21(29)28-20)15-24(13-16(3)4)19-11-12-30(26,27)14-19/h7-10,16,19H,5-6,11-15H2,1-4H3. The number of anilines is 1. The first-order valence-electron chi connectivity index (χ1n) is 10.6. The second kappa shape index (κ2) is 9.62. The molecule has 3 rings (SSSR count). The third kappa shape index (κ3) is 5.50. The van der Waals surface area contributed by atoms with E-state index >= 15 is 0 Å². The molecule has 1 aromatic carbocycles. The van der Waals surface area contributed by atoms with Crippen LogP contribution in [0.3, 0.4) is 0 Å². The molecule has 1 aliphatic heterocycles. The van der Waals surface area contributed by atoms with Crippen molar-refractivity contribution in [3.8, 4) is 11.5 Å².